The first-order valence-corrected chi connectivity index (χ1v) is 7.59. The van der Waals surface area contributed by atoms with E-state index in [-0.39, 0.29) is 18.6 Å². The zero-order valence-corrected chi connectivity index (χ0v) is 14.9. The van der Waals surface area contributed by atoms with Crippen molar-refractivity contribution in [1.29, 1.82) is 0 Å². The van der Waals surface area contributed by atoms with E-state index in [9.17, 15) is 4.79 Å². The van der Waals surface area contributed by atoms with Crippen LogP contribution in [0.2, 0.25) is 0 Å². The van der Waals surface area contributed by atoms with Crippen molar-refractivity contribution >= 4 is 29.8 Å². The van der Waals surface area contributed by atoms with E-state index in [1.54, 1.807) is 20.3 Å². The van der Waals surface area contributed by atoms with Gasteiger partial charge in [-0.3, -0.25) is 0 Å². The van der Waals surface area contributed by atoms with Crippen molar-refractivity contribution in [3.05, 3.63) is 28.6 Å². The van der Waals surface area contributed by atoms with E-state index in [1.807, 2.05) is 18.1 Å². The molecule has 6 heteroatoms. The molecule has 0 spiro atoms. The number of hydrogen-bond acceptors (Lipinski definition) is 5. The van der Waals surface area contributed by atoms with Crippen LogP contribution in [0.1, 0.15) is 20.3 Å². The third-order valence-electron chi connectivity index (χ3n) is 3.79. The maximum Gasteiger partial charge on any atom is 0.189 e. The average Bonchev–Trinajstić information content (AvgIpc) is 2.84. The van der Waals surface area contributed by atoms with Crippen LogP contribution in [-0.4, -0.2) is 45.5 Å². The van der Waals surface area contributed by atoms with E-state index in [0.717, 1.165) is 30.4 Å². The number of nitrogens with one attached hydrogen (secondary N) is 1. The maximum absolute atomic E-state index is 11.2. The van der Waals surface area contributed by atoms with E-state index in [0.29, 0.717) is 17.0 Å². The molecule has 0 fully saturated rings. The predicted molar refractivity (Wildman–Crippen MR) is 94.1 cm³/mol. The minimum absolute atomic E-state index is 0. The second kappa shape index (κ2) is 8.94. The van der Waals surface area contributed by atoms with Crippen molar-refractivity contribution in [3.8, 4) is 0 Å². The Morgan fingerprint density at radius 2 is 2.09 bits per heavy atom. The van der Waals surface area contributed by atoms with Crippen molar-refractivity contribution in [1.82, 2.24) is 5.32 Å². The van der Waals surface area contributed by atoms with Crippen LogP contribution >= 0.6 is 12.4 Å². The summed E-state index contributed by atoms with van der Waals surface area (Å²) < 4.78 is 11.1. The smallest absolute Gasteiger partial charge is 0.189 e. The van der Waals surface area contributed by atoms with Gasteiger partial charge in [-0.2, -0.15) is 0 Å². The van der Waals surface area contributed by atoms with Crippen molar-refractivity contribution < 1.29 is 14.3 Å². The molecule has 1 aromatic carbocycles. The minimum Gasteiger partial charge on any atom is -0.496 e. The monoisotopic (exact) mass is 340 g/mol. The number of hydrogen-bond donors (Lipinski definition) is 1. The van der Waals surface area contributed by atoms with Gasteiger partial charge in [-0.25, -0.2) is 4.79 Å². The van der Waals surface area contributed by atoms with Gasteiger partial charge in [-0.1, -0.05) is 19.9 Å². The molecule has 128 valence electrons. The topological polar surface area (TPSA) is 50.8 Å². The van der Waals surface area contributed by atoms with E-state index >= 15 is 0 Å². The summed E-state index contributed by atoms with van der Waals surface area (Å²) in [6, 6.07) is 6.08. The van der Waals surface area contributed by atoms with Crippen LogP contribution < -0.4 is 20.7 Å². The van der Waals surface area contributed by atoms with Crippen molar-refractivity contribution in [3.63, 3.8) is 0 Å². The Bertz CT molecular complexity index is 656. The summed E-state index contributed by atoms with van der Waals surface area (Å²) >= 11 is 0. The summed E-state index contributed by atoms with van der Waals surface area (Å²) in [4.78, 5) is 13.3. The Morgan fingerprint density at radius 3 is 2.65 bits per heavy atom. The molecule has 0 aromatic heterocycles. The third kappa shape index (κ3) is 4.06. The van der Waals surface area contributed by atoms with Gasteiger partial charge in [0, 0.05) is 19.7 Å². The summed E-state index contributed by atoms with van der Waals surface area (Å²) in [5.41, 5.74) is 0.967. The van der Waals surface area contributed by atoms with Gasteiger partial charge in [-0.15, -0.1) is 12.4 Å². The van der Waals surface area contributed by atoms with Gasteiger partial charge in [0.1, 0.15) is 5.94 Å². The molecule has 1 heterocycles. The molecule has 0 saturated heterocycles. The number of ether oxygens (including phenoxy) is 2. The zero-order valence-electron chi connectivity index (χ0n) is 14.1. The molecule has 0 bridgehead atoms. The second-order valence-corrected chi connectivity index (χ2v) is 5.61. The Balaban J connectivity index is 0.00000264. The van der Waals surface area contributed by atoms with Gasteiger partial charge in [0.05, 0.1) is 23.2 Å². The Labute approximate surface area is 143 Å². The molecule has 0 aliphatic carbocycles. The zero-order chi connectivity index (χ0) is 16.1. The number of anilines is 1. The van der Waals surface area contributed by atoms with Crippen LogP contribution in [0.4, 0.5) is 5.69 Å². The van der Waals surface area contributed by atoms with E-state index in [4.69, 9.17) is 9.47 Å². The summed E-state index contributed by atoms with van der Waals surface area (Å²) in [5, 5.41) is 4.71. The van der Waals surface area contributed by atoms with Gasteiger partial charge in [0.15, 0.2) is 12.0 Å². The molecule has 1 aliphatic heterocycles. The number of fused-ring (bicyclic) bond motifs is 1. The molecule has 0 amide bonds. The Morgan fingerprint density at radius 1 is 1.35 bits per heavy atom. The van der Waals surface area contributed by atoms with Gasteiger partial charge in [0.25, 0.3) is 0 Å². The molecule has 1 atom stereocenters. The molecule has 2 rings (SSSR count). The summed E-state index contributed by atoms with van der Waals surface area (Å²) in [6.45, 7) is 6.01. The molecular weight excluding hydrogens is 316 g/mol. The molecule has 5 nitrogen and oxygen atoms in total. The van der Waals surface area contributed by atoms with Crippen LogP contribution in [-0.2, 0) is 14.3 Å². The van der Waals surface area contributed by atoms with Gasteiger partial charge in [-0.05, 0) is 25.1 Å². The maximum atomic E-state index is 11.2. The summed E-state index contributed by atoms with van der Waals surface area (Å²) in [7, 11) is 3.26. The van der Waals surface area contributed by atoms with Crippen LogP contribution in [0.25, 0.3) is 5.76 Å². The van der Waals surface area contributed by atoms with E-state index < -0.39 is 0 Å². The standard InChI is InChI=1S/C17H24N2O3.ClH/c1-12(2)18-9-6-10-19-14-8-5-7-13(11-20)15(14)16(21-3)17(19)22-4;/h5,7-8,12,17-18H,6,9-10H2,1-4H3;1H. The van der Waals surface area contributed by atoms with Crippen molar-refractivity contribution in [2.24, 2.45) is 0 Å². The van der Waals surface area contributed by atoms with Gasteiger partial charge >= 0.3 is 0 Å². The second-order valence-electron chi connectivity index (χ2n) is 5.61. The number of halogens is 1. The fourth-order valence-corrected chi connectivity index (χ4v) is 2.83. The highest BCUT2D eigenvalue weighted by Crippen LogP contribution is 2.25. The first-order chi connectivity index (χ1) is 10.6. The largest absolute Gasteiger partial charge is 0.496 e. The van der Waals surface area contributed by atoms with E-state index in [2.05, 4.69) is 24.1 Å². The van der Waals surface area contributed by atoms with Crippen LogP contribution in [0.5, 0.6) is 0 Å². The number of rotatable bonds is 7. The third-order valence-corrected chi connectivity index (χ3v) is 3.79. The normalized spacial score (nSPS) is 16.1. The van der Waals surface area contributed by atoms with Gasteiger partial charge in [0.2, 0.25) is 0 Å². The molecule has 23 heavy (non-hydrogen) atoms. The van der Waals surface area contributed by atoms with Crippen LogP contribution in [0.3, 0.4) is 0 Å². The number of carbonyl (C=O) groups excluding carboxylic acids is 1. The Kier molecular flexibility index (Phi) is 7.59. The number of methoxy groups -OCH3 is 2. The quantitative estimate of drug-likeness (QED) is 0.735. The predicted octanol–water partition coefficient (Wildman–Crippen LogP) is 0.547. The fourth-order valence-electron chi connectivity index (χ4n) is 2.83. The average molecular weight is 341 g/mol. The lowest BCUT2D eigenvalue weighted by Crippen LogP contribution is -2.37. The molecule has 1 aromatic rings. The lowest BCUT2D eigenvalue weighted by molar-refractivity contribution is 0.116. The highest BCUT2D eigenvalue weighted by molar-refractivity contribution is 5.85. The molecular formula is C17H25ClN2O3. The summed E-state index contributed by atoms with van der Waals surface area (Å²) in [5.74, 6) is 2.67. The molecule has 1 aliphatic rings. The Hall–Kier alpha value is -1.52. The van der Waals surface area contributed by atoms with Crippen molar-refractivity contribution in [2.45, 2.75) is 32.5 Å². The minimum atomic E-state index is -0.298. The van der Waals surface area contributed by atoms with Crippen LogP contribution in [0.15, 0.2) is 18.2 Å². The lowest BCUT2D eigenvalue weighted by Gasteiger charge is -2.28. The van der Waals surface area contributed by atoms with Gasteiger partial charge < -0.3 is 19.7 Å². The summed E-state index contributed by atoms with van der Waals surface area (Å²) in [6.07, 6.45) is 0.678. The van der Waals surface area contributed by atoms with Crippen molar-refractivity contribution in [2.75, 3.05) is 32.2 Å². The molecule has 0 radical (unpaired) electrons. The lowest BCUT2D eigenvalue weighted by atomic mass is 10.2. The number of benzene rings is 1. The SMILES string of the molecule is COC1=c2c(cccc2=C=O)N(CCCNC(C)C)C1OC.Cl. The first-order valence-electron chi connectivity index (χ1n) is 7.59. The highest BCUT2D eigenvalue weighted by atomic mass is 35.5. The molecule has 1 unspecified atom stereocenters. The molecule has 0 saturated carbocycles. The molecule has 1 N–H and O–H groups in total. The fraction of sp³-hybridized carbons (Fsp3) is 0.529. The highest BCUT2D eigenvalue weighted by Gasteiger charge is 2.32. The number of nitrogens with zero attached hydrogens (tertiary/aromatic N) is 1. The van der Waals surface area contributed by atoms with Crippen LogP contribution in [0, 0.1) is 0 Å². The van der Waals surface area contributed by atoms with E-state index in [1.165, 1.54) is 0 Å². The first kappa shape index (κ1) is 19.5.